The molecule has 0 aliphatic carbocycles. The first-order valence-electron chi connectivity index (χ1n) is 9.81. The summed E-state index contributed by atoms with van der Waals surface area (Å²) in [5.41, 5.74) is 1.96. The Kier molecular flexibility index (Phi) is 5.41. The highest BCUT2D eigenvalue weighted by molar-refractivity contribution is 5.83. The monoisotopic (exact) mass is 391 g/mol. The van der Waals surface area contributed by atoms with Crippen LogP contribution < -0.4 is 9.47 Å². The van der Waals surface area contributed by atoms with Crippen LogP contribution in [-0.4, -0.2) is 42.8 Å². The number of carbonyl (C=O) groups is 1. The third kappa shape index (κ3) is 3.66. The van der Waals surface area contributed by atoms with Crippen LogP contribution in [0.15, 0.2) is 60.7 Å². The van der Waals surface area contributed by atoms with Gasteiger partial charge in [-0.2, -0.15) is 0 Å². The van der Waals surface area contributed by atoms with Crippen LogP contribution in [0.1, 0.15) is 30.0 Å². The number of carboxylic acid groups (broad SMARTS) is 1. The Hall–Kier alpha value is -3.05. The molecule has 1 saturated heterocycles. The summed E-state index contributed by atoms with van der Waals surface area (Å²) in [5.74, 6) is 0.660. The molecule has 3 aromatic rings. The number of ether oxygens (including phenoxy) is 2. The van der Waals surface area contributed by atoms with Crippen LogP contribution in [-0.2, 0) is 4.79 Å². The van der Waals surface area contributed by atoms with Crippen molar-refractivity contribution in [2.45, 2.75) is 24.9 Å². The molecule has 29 heavy (non-hydrogen) atoms. The zero-order valence-corrected chi connectivity index (χ0v) is 16.7. The van der Waals surface area contributed by atoms with Crippen molar-refractivity contribution in [3.8, 4) is 11.5 Å². The van der Waals surface area contributed by atoms with E-state index in [9.17, 15) is 9.90 Å². The quantitative estimate of drug-likeness (QED) is 0.671. The molecule has 3 aromatic carbocycles. The Labute approximate surface area is 170 Å². The Morgan fingerprint density at radius 2 is 1.83 bits per heavy atom. The van der Waals surface area contributed by atoms with Crippen LogP contribution in [0.2, 0.25) is 0 Å². The van der Waals surface area contributed by atoms with Crippen molar-refractivity contribution in [2.24, 2.45) is 0 Å². The van der Waals surface area contributed by atoms with Crippen LogP contribution in [0.5, 0.6) is 11.5 Å². The molecular formula is C24H25NO4. The van der Waals surface area contributed by atoms with Gasteiger partial charge in [-0.25, -0.2) is 0 Å². The standard InChI is InChI=1S/C24H25NO4/c1-28-19-11-12-22(29-2)20(15-19)23(25-13-5-8-21(25)24(26)27)18-10-9-16-6-3-4-7-17(16)14-18/h3-4,6-7,9-12,14-15,21,23H,5,8,13H2,1-2H3,(H,26,27). The van der Waals surface area contributed by atoms with Crippen LogP contribution >= 0.6 is 0 Å². The lowest BCUT2D eigenvalue weighted by Crippen LogP contribution is -2.39. The van der Waals surface area contributed by atoms with Crippen LogP contribution in [0, 0.1) is 0 Å². The summed E-state index contributed by atoms with van der Waals surface area (Å²) in [6.07, 6.45) is 1.50. The molecule has 0 aromatic heterocycles. The SMILES string of the molecule is COc1ccc(OC)c(C(c2ccc3ccccc3c2)N2CCCC2C(=O)O)c1. The summed E-state index contributed by atoms with van der Waals surface area (Å²) in [4.78, 5) is 14.0. The number of aliphatic carboxylic acids is 1. The number of fused-ring (bicyclic) bond motifs is 1. The van der Waals surface area contributed by atoms with Gasteiger partial charge in [0.1, 0.15) is 17.5 Å². The number of hydrogen-bond acceptors (Lipinski definition) is 4. The van der Waals surface area contributed by atoms with E-state index >= 15 is 0 Å². The number of hydrogen-bond donors (Lipinski definition) is 1. The fourth-order valence-electron chi connectivity index (χ4n) is 4.34. The fourth-order valence-corrected chi connectivity index (χ4v) is 4.34. The highest BCUT2D eigenvalue weighted by atomic mass is 16.5. The van der Waals surface area contributed by atoms with E-state index in [2.05, 4.69) is 35.2 Å². The second-order valence-corrected chi connectivity index (χ2v) is 7.35. The highest BCUT2D eigenvalue weighted by Gasteiger charge is 2.38. The minimum Gasteiger partial charge on any atom is -0.497 e. The van der Waals surface area contributed by atoms with E-state index in [0.717, 1.165) is 46.4 Å². The van der Waals surface area contributed by atoms with Gasteiger partial charge in [0.15, 0.2) is 0 Å². The molecule has 1 N–H and O–H groups in total. The van der Waals surface area contributed by atoms with E-state index in [1.807, 2.05) is 30.3 Å². The molecule has 2 atom stereocenters. The molecule has 5 nitrogen and oxygen atoms in total. The van der Waals surface area contributed by atoms with E-state index in [1.165, 1.54) is 0 Å². The van der Waals surface area contributed by atoms with Gasteiger partial charge in [-0.1, -0.05) is 36.4 Å². The number of rotatable bonds is 6. The van der Waals surface area contributed by atoms with Gasteiger partial charge in [0.2, 0.25) is 0 Å². The molecule has 1 aliphatic rings. The first-order chi connectivity index (χ1) is 14.1. The molecule has 1 heterocycles. The van der Waals surface area contributed by atoms with Crippen molar-refractivity contribution in [3.05, 3.63) is 71.8 Å². The summed E-state index contributed by atoms with van der Waals surface area (Å²) < 4.78 is 11.1. The molecule has 1 fully saturated rings. The Balaban J connectivity index is 1.91. The van der Waals surface area contributed by atoms with Gasteiger partial charge in [-0.05, 0) is 53.4 Å². The third-order valence-corrected chi connectivity index (χ3v) is 5.73. The van der Waals surface area contributed by atoms with Crippen LogP contribution in [0.25, 0.3) is 10.8 Å². The molecule has 0 amide bonds. The average molecular weight is 391 g/mol. The van der Waals surface area contributed by atoms with Gasteiger partial charge in [-0.15, -0.1) is 0 Å². The van der Waals surface area contributed by atoms with Gasteiger partial charge in [0, 0.05) is 12.1 Å². The van der Waals surface area contributed by atoms with Gasteiger partial charge in [0.25, 0.3) is 0 Å². The van der Waals surface area contributed by atoms with Gasteiger partial charge < -0.3 is 14.6 Å². The van der Waals surface area contributed by atoms with Crippen molar-refractivity contribution in [1.29, 1.82) is 0 Å². The molecule has 0 radical (unpaired) electrons. The summed E-state index contributed by atoms with van der Waals surface area (Å²) >= 11 is 0. The van der Waals surface area contributed by atoms with E-state index in [1.54, 1.807) is 14.2 Å². The number of nitrogens with zero attached hydrogens (tertiary/aromatic N) is 1. The maximum atomic E-state index is 12.0. The number of methoxy groups -OCH3 is 2. The third-order valence-electron chi connectivity index (χ3n) is 5.73. The van der Waals surface area contributed by atoms with Crippen molar-refractivity contribution in [2.75, 3.05) is 20.8 Å². The largest absolute Gasteiger partial charge is 0.497 e. The molecule has 2 unspecified atom stereocenters. The lowest BCUT2D eigenvalue weighted by atomic mass is 9.93. The van der Waals surface area contributed by atoms with Gasteiger partial charge >= 0.3 is 5.97 Å². The van der Waals surface area contributed by atoms with E-state index < -0.39 is 12.0 Å². The normalized spacial score (nSPS) is 17.9. The van der Waals surface area contributed by atoms with Crippen molar-refractivity contribution >= 4 is 16.7 Å². The molecule has 0 spiro atoms. The van der Waals surface area contributed by atoms with E-state index in [4.69, 9.17) is 9.47 Å². The first kappa shape index (κ1) is 19.3. The van der Waals surface area contributed by atoms with Gasteiger partial charge in [-0.3, -0.25) is 9.69 Å². The van der Waals surface area contributed by atoms with Crippen molar-refractivity contribution in [1.82, 2.24) is 4.90 Å². The number of likely N-dealkylation sites (tertiary alicyclic amines) is 1. The summed E-state index contributed by atoms with van der Waals surface area (Å²) in [6.45, 7) is 0.717. The Bertz CT molecular complexity index is 1030. The lowest BCUT2D eigenvalue weighted by molar-refractivity contribution is -0.142. The summed E-state index contributed by atoms with van der Waals surface area (Å²) in [6, 6.07) is 19.5. The fraction of sp³-hybridized carbons (Fsp3) is 0.292. The molecule has 0 saturated carbocycles. The maximum Gasteiger partial charge on any atom is 0.320 e. The number of benzene rings is 3. The zero-order chi connectivity index (χ0) is 20.4. The Morgan fingerprint density at radius 3 is 2.55 bits per heavy atom. The minimum atomic E-state index is -0.782. The molecule has 150 valence electrons. The zero-order valence-electron chi connectivity index (χ0n) is 16.7. The molecule has 4 rings (SSSR count). The van der Waals surface area contributed by atoms with Crippen molar-refractivity contribution < 1.29 is 19.4 Å². The first-order valence-corrected chi connectivity index (χ1v) is 9.81. The molecule has 1 aliphatic heterocycles. The smallest absolute Gasteiger partial charge is 0.320 e. The predicted molar refractivity (Wildman–Crippen MR) is 113 cm³/mol. The average Bonchev–Trinajstić information content (AvgIpc) is 3.23. The maximum absolute atomic E-state index is 12.0. The van der Waals surface area contributed by atoms with E-state index in [0.29, 0.717) is 6.42 Å². The van der Waals surface area contributed by atoms with Gasteiger partial charge in [0.05, 0.1) is 20.3 Å². The van der Waals surface area contributed by atoms with Crippen LogP contribution in [0.3, 0.4) is 0 Å². The summed E-state index contributed by atoms with van der Waals surface area (Å²) in [7, 11) is 3.27. The van der Waals surface area contributed by atoms with Crippen LogP contribution in [0.4, 0.5) is 0 Å². The highest BCUT2D eigenvalue weighted by Crippen LogP contribution is 2.41. The predicted octanol–water partition coefficient (Wildman–Crippen LogP) is 4.50. The van der Waals surface area contributed by atoms with E-state index in [-0.39, 0.29) is 6.04 Å². The molecule has 0 bridgehead atoms. The number of carboxylic acids is 1. The minimum absolute atomic E-state index is 0.242. The van der Waals surface area contributed by atoms with Crippen molar-refractivity contribution in [3.63, 3.8) is 0 Å². The topological polar surface area (TPSA) is 59.0 Å². The Morgan fingerprint density at radius 1 is 1.03 bits per heavy atom. The lowest BCUT2D eigenvalue weighted by Gasteiger charge is -2.33. The summed E-state index contributed by atoms with van der Waals surface area (Å²) in [5, 5.41) is 12.1. The second kappa shape index (κ2) is 8.13. The second-order valence-electron chi connectivity index (χ2n) is 7.35. The molecular weight excluding hydrogens is 366 g/mol. The molecule has 5 heteroatoms.